The summed E-state index contributed by atoms with van der Waals surface area (Å²) in [4.78, 5) is 36.6. The number of carbonyl (C=O) groups excluding carboxylic acids is 2. The van der Waals surface area contributed by atoms with Crippen LogP contribution in [0.15, 0.2) is 71.8 Å². The topological polar surface area (TPSA) is 102 Å². The van der Waals surface area contributed by atoms with Crippen LogP contribution in [0.1, 0.15) is 52.0 Å². The lowest BCUT2D eigenvalue weighted by molar-refractivity contribution is -0.128. The average Bonchev–Trinajstić information content (AvgIpc) is 3.36. The number of carbonyl (C=O) groups is 2. The molecular formula is C33H34N6O3S. The van der Waals surface area contributed by atoms with Gasteiger partial charge in [0.2, 0.25) is 5.91 Å². The van der Waals surface area contributed by atoms with E-state index < -0.39 is 5.54 Å². The number of amides is 2. The van der Waals surface area contributed by atoms with Crippen molar-refractivity contribution in [1.29, 1.82) is 0 Å². The van der Waals surface area contributed by atoms with E-state index in [9.17, 15) is 9.59 Å². The van der Waals surface area contributed by atoms with Crippen LogP contribution in [0, 0.1) is 6.92 Å². The molecule has 10 heteroatoms. The highest BCUT2D eigenvalue weighted by Gasteiger charge is 2.47. The molecule has 5 aromatic rings. The van der Waals surface area contributed by atoms with E-state index in [4.69, 9.17) is 9.72 Å². The summed E-state index contributed by atoms with van der Waals surface area (Å²) in [6, 6.07) is 16.0. The van der Waals surface area contributed by atoms with Gasteiger partial charge in [-0.05, 0) is 54.7 Å². The Bertz CT molecular complexity index is 1770. The fourth-order valence-electron chi connectivity index (χ4n) is 5.23. The van der Waals surface area contributed by atoms with Gasteiger partial charge in [-0.1, -0.05) is 30.3 Å². The van der Waals surface area contributed by atoms with Gasteiger partial charge in [0.25, 0.3) is 5.91 Å². The normalized spacial score (nSPS) is 13.7. The monoisotopic (exact) mass is 594 g/mol. The van der Waals surface area contributed by atoms with Crippen LogP contribution in [0.2, 0.25) is 0 Å². The quantitative estimate of drug-likeness (QED) is 0.217. The molecule has 0 bridgehead atoms. The van der Waals surface area contributed by atoms with Gasteiger partial charge in [-0.25, -0.2) is 9.97 Å². The molecule has 0 saturated heterocycles. The lowest BCUT2D eigenvalue weighted by Gasteiger charge is -2.22. The van der Waals surface area contributed by atoms with E-state index in [2.05, 4.69) is 27.5 Å². The fourth-order valence-corrected chi connectivity index (χ4v) is 5.77. The Labute approximate surface area is 254 Å². The summed E-state index contributed by atoms with van der Waals surface area (Å²) in [7, 11) is 3.50. The van der Waals surface area contributed by atoms with E-state index in [1.54, 1.807) is 46.7 Å². The Morgan fingerprint density at radius 3 is 2.72 bits per heavy atom. The molecule has 0 unspecified atom stereocenters. The largest absolute Gasteiger partial charge is 0.370 e. The molecule has 1 saturated carbocycles. The third-order valence-corrected chi connectivity index (χ3v) is 8.50. The van der Waals surface area contributed by atoms with Crippen molar-refractivity contribution in [3.63, 3.8) is 0 Å². The van der Waals surface area contributed by atoms with Crippen molar-refractivity contribution in [3.8, 4) is 11.3 Å². The van der Waals surface area contributed by atoms with Crippen LogP contribution in [0.4, 0.5) is 0 Å². The summed E-state index contributed by atoms with van der Waals surface area (Å²) in [5.41, 5.74) is 8.29. The highest BCUT2D eigenvalue weighted by atomic mass is 32.1. The molecule has 3 heterocycles. The minimum Gasteiger partial charge on any atom is -0.370 e. The number of aromatic nitrogens is 4. The lowest BCUT2D eigenvalue weighted by Crippen LogP contribution is -2.35. The van der Waals surface area contributed by atoms with Gasteiger partial charge in [-0.2, -0.15) is 5.10 Å². The van der Waals surface area contributed by atoms with Gasteiger partial charge < -0.3 is 15.0 Å². The summed E-state index contributed by atoms with van der Waals surface area (Å²) in [5, 5.41) is 10.9. The van der Waals surface area contributed by atoms with Crippen molar-refractivity contribution in [3.05, 3.63) is 99.8 Å². The number of nitrogens with one attached hydrogen (secondary N) is 1. The first-order valence-corrected chi connectivity index (χ1v) is 15.3. The van der Waals surface area contributed by atoms with Gasteiger partial charge in [-0.3, -0.25) is 14.3 Å². The maximum atomic E-state index is 13.8. The summed E-state index contributed by atoms with van der Waals surface area (Å²) in [5.74, 6) is -0.0457. The van der Waals surface area contributed by atoms with Gasteiger partial charge in [0.05, 0.1) is 47.4 Å². The van der Waals surface area contributed by atoms with Crippen molar-refractivity contribution in [1.82, 2.24) is 30.0 Å². The van der Waals surface area contributed by atoms with E-state index >= 15 is 0 Å². The zero-order chi connectivity index (χ0) is 30.0. The number of pyridine rings is 1. The minimum absolute atomic E-state index is 0.0542. The number of hydrogen-bond donors (Lipinski definition) is 1. The number of aryl methyl sites for hydroxylation is 2. The van der Waals surface area contributed by atoms with Crippen LogP contribution in [-0.2, 0) is 34.8 Å². The van der Waals surface area contributed by atoms with Crippen molar-refractivity contribution in [2.45, 2.75) is 51.5 Å². The Morgan fingerprint density at radius 1 is 1.12 bits per heavy atom. The molecule has 0 radical (unpaired) electrons. The molecule has 1 aliphatic rings. The van der Waals surface area contributed by atoms with Gasteiger partial charge in [0.1, 0.15) is 0 Å². The van der Waals surface area contributed by atoms with Gasteiger partial charge in [0.15, 0.2) is 0 Å². The molecule has 1 fully saturated rings. The zero-order valence-electron chi connectivity index (χ0n) is 24.5. The predicted octanol–water partition coefficient (Wildman–Crippen LogP) is 5.48. The summed E-state index contributed by atoms with van der Waals surface area (Å²) in [6.45, 7) is 3.29. The van der Waals surface area contributed by atoms with Crippen molar-refractivity contribution >= 4 is 34.1 Å². The molecule has 43 heavy (non-hydrogen) atoms. The first-order chi connectivity index (χ1) is 20.8. The summed E-state index contributed by atoms with van der Waals surface area (Å²) in [6.07, 6.45) is 5.76. The number of para-hydroxylation sites is 1. The Kier molecular flexibility index (Phi) is 8.05. The number of rotatable bonds is 11. The number of hydrogen-bond acceptors (Lipinski definition) is 7. The SMILES string of the molecule is Cc1ccc(COCc2cscn2)cc1C(=O)NC1(c2cc(-c3cnn(CCC(=O)N(C)C)c3)nc3ccccc23)CC1. The smallest absolute Gasteiger partial charge is 0.252 e. The van der Waals surface area contributed by atoms with E-state index in [0.717, 1.165) is 57.4 Å². The molecule has 0 aliphatic heterocycles. The third-order valence-electron chi connectivity index (χ3n) is 7.87. The lowest BCUT2D eigenvalue weighted by atomic mass is 9.96. The van der Waals surface area contributed by atoms with Crippen LogP contribution in [0.25, 0.3) is 22.2 Å². The molecule has 6 rings (SSSR count). The molecule has 9 nitrogen and oxygen atoms in total. The second kappa shape index (κ2) is 12.1. The van der Waals surface area contributed by atoms with Crippen LogP contribution in [0.5, 0.6) is 0 Å². The second-order valence-electron chi connectivity index (χ2n) is 11.3. The highest BCUT2D eigenvalue weighted by molar-refractivity contribution is 7.07. The maximum absolute atomic E-state index is 13.8. The van der Waals surface area contributed by atoms with Crippen LogP contribution < -0.4 is 5.32 Å². The second-order valence-corrected chi connectivity index (χ2v) is 12.0. The first kappa shape index (κ1) is 28.7. The predicted molar refractivity (Wildman–Crippen MR) is 166 cm³/mol. The van der Waals surface area contributed by atoms with Crippen molar-refractivity contribution in [2.75, 3.05) is 14.1 Å². The number of fused-ring (bicyclic) bond motifs is 1. The van der Waals surface area contributed by atoms with Crippen LogP contribution in [0.3, 0.4) is 0 Å². The van der Waals surface area contributed by atoms with Crippen molar-refractivity contribution < 1.29 is 14.3 Å². The van der Waals surface area contributed by atoms with E-state index in [1.165, 1.54) is 0 Å². The molecular weight excluding hydrogens is 560 g/mol. The molecule has 0 spiro atoms. The molecule has 220 valence electrons. The Hall–Kier alpha value is -4.41. The molecule has 2 amide bonds. The standard InChI is InChI=1S/C33H34N6O3S/c1-22-8-9-23(18-42-19-25-20-43-21-34-25)14-27(22)32(41)37-33(11-12-33)28-15-30(36-29-7-5-4-6-26(28)29)24-16-35-39(17-24)13-10-31(40)38(2)3/h4-9,14-17,20-21H,10-13,18-19H2,1-3H3,(H,37,41). The third kappa shape index (κ3) is 6.35. The average molecular weight is 595 g/mol. The molecule has 2 aromatic carbocycles. The number of nitrogens with zero attached hydrogens (tertiary/aromatic N) is 5. The molecule has 0 atom stereocenters. The minimum atomic E-state index is -0.480. The van der Waals surface area contributed by atoms with E-state index in [-0.39, 0.29) is 11.8 Å². The van der Waals surface area contributed by atoms with E-state index in [1.807, 2.05) is 54.9 Å². The highest BCUT2D eigenvalue weighted by Crippen LogP contribution is 2.49. The van der Waals surface area contributed by atoms with Gasteiger partial charge in [-0.15, -0.1) is 11.3 Å². The first-order valence-electron chi connectivity index (χ1n) is 14.3. The Morgan fingerprint density at radius 2 is 1.95 bits per heavy atom. The number of thiazole rings is 1. The molecule has 1 N–H and O–H groups in total. The number of ether oxygens (including phenoxy) is 1. The number of benzene rings is 2. The summed E-state index contributed by atoms with van der Waals surface area (Å²) >= 11 is 1.54. The van der Waals surface area contributed by atoms with E-state index in [0.29, 0.717) is 31.7 Å². The van der Waals surface area contributed by atoms with Gasteiger partial charge >= 0.3 is 0 Å². The van der Waals surface area contributed by atoms with Crippen LogP contribution in [-0.4, -0.2) is 50.6 Å². The maximum Gasteiger partial charge on any atom is 0.252 e. The molecule has 3 aromatic heterocycles. The molecule has 1 aliphatic carbocycles. The van der Waals surface area contributed by atoms with Crippen LogP contribution >= 0.6 is 11.3 Å². The fraction of sp³-hybridized carbons (Fsp3) is 0.303. The van der Waals surface area contributed by atoms with Crippen molar-refractivity contribution in [2.24, 2.45) is 0 Å². The summed E-state index contributed by atoms with van der Waals surface area (Å²) < 4.78 is 7.62. The zero-order valence-corrected chi connectivity index (χ0v) is 25.4. The van der Waals surface area contributed by atoms with Gasteiger partial charge in [0, 0.05) is 55.2 Å². The Balaban J connectivity index is 1.24.